The lowest BCUT2D eigenvalue weighted by Gasteiger charge is -2.17. The van der Waals surface area contributed by atoms with E-state index in [0.29, 0.717) is 23.7 Å². The second-order valence-electron chi connectivity index (χ2n) is 6.79. The van der Waals surface area contributed by atoms with Crippen LogP contribution in [0.1, 0.15) is 19.4 Å². The number of anilines is 2. The first-order valence-electron chi connectivity index (χ1n) is 7.97. The van der Waals surface area contributed by atoms with Crippen molar-refractivity contribution in [3.8, 4) is 0 Å². The monoisotopic (exact) mass is 404 g/mol. The molecule has 27 heavy (non-hydrogen) atoms. The van der Waals surface area contributed by atoms with Crippen LogP contribution >= 0.6 is 7.14 Å². The molecule has 0 atom stereocenters. The molecule has 0 aliphatic carbocycles. The molecule has 0 radical (unpaired) electrons. The molecule has 2 aromatic rings. The van der Waals surface area contributed by atoms with Crippen LogP contribution in [0.5, 0.6) is 0 Å². The number of para-hydroxylation sites is 1. The molecule has 0 fully saturated rings. The van der Waals surface area contributed by atoms with Crippen molar-refractivity contribution in [3.63, 3.8) is 0 Å². The first kappa shape index (κ1) is 23.1. The van der Waals surface area contributed by atoms with Gasteiger partial charge in [-0.25, -0.2) is 9.97 Å². The lowest BCUT2D eigenvalue weighted by molar-refractivity contribution is -0.137. The number of halogens is 3. The largest absolute Gasteiger partial charge is 0.421 e. The predicted molar refractivity (Wildman–Crippen MR) is 101 cm³/mol. The first-order chi connectivity index (χ1) is 12.3. The Morgan fingerprint density at radius 1 is 1.22 bits per heavy atom. The van der Waals surface area contributed by atoms with E-state index in [9.17, 15) is 17.7 Å². The van der Waals surface area contributed by atoms with Crippen LogP contribution in [0.2, 0.25) is 0 Å². The first-order valence-corrected chi connectivity index (χ1v) is 10.6. The highest BCUT2D eigenvalue weighted by atomic mass is 31.2. The molecule has 1 aromatic heterocycles. The third-order valence-corrected chi connectivity index (χ3v) is 4.80. The minimum absolute atomic E-state index is 0.326. The maximum absolute atomic E-state index is 12.9. The molecular formula is C17H24F3N4O2P. The molecule has 0 unspecified atom stereocenters. The van der Waals surface area contributed by atoms with E-state index in [0.717, 1.165) is 6.33 Å². The smallest absolute Gasteiger partial charge is 0.389 e. The van der Waals surface area contributed by atoms with Crippen LogP contribution in [-0.4, -0.2) is 40.5 Å². The second kappa shape index (κ2) is 8.82. The van der Waals surface area contributed by atoms with Crippen LogP contribution in [0.3, 0.4) is 0 Å². The topological polar surface area (TPSA) is 101 Å². The Morgan fingerprint density at radius 3 is 2.26 bits per heavy atom. The van der Waals surface area contributed by atoms with E-state index >= 15 is 0 Å². The van der Waals surface area contributed by atoms with Gasteiger partial charge in [-0.2, -0.15) is 13.2 Å². The maximum atomic E-state index is 12.9. The van der Waals surface area contributed by atoms with Gasteiger partial charge in [-0.15, -0.1) is 0 Å². The number of rotatable bonds is 4. The summed E-state index contributed by atoms with van der Waals surface area (Å²) in [6, 6.07) is 6.52. The summed E-state index contributed by atoms with van der Waals surface area (Å²) in [6.45, 7) is 6.78. The third kappa shape index (κ3) is 7.66. The molecule has 0 spiro atoms. The van der Waals surface area contributed by atoms with Gasteiger partial charge in [-0.3, -0.25) is 0 Å². The van der Waals surface area contributed by atoms with Gasteiger partial charge < -0.3 is 20.7 Å². The number of benzene rings is 1. The summed E-state index contributed by atoms with van der Waals surface area (Å²) in [7, 11) is -2.64. The Labute approximate surface area is 156 Å². The fourth-order valence-corrected chi connectivity index (χ4v) is 2.97. The Morgan fingerprint density at radius 2 is 1.78 bits per heavy atom. The lowest BCUT2D eigenvalue weighted by atomic mass is 10.1. The summed E-state index contributed by atoms with van der Waals surface area (Å²) < 4.78 is 50.9. The summed E-state index contributed by atoms with van der Waals surface area (Å²) in [4.78, 5) is 7.03. The minimum Gasteiger partial charge on any atom is -0.389 e. The van der Waals surface area contributed by atoms with Crippen LogP contribution in [-0.2, 0) is 10.7 Å². The third-order valence-electron chi connectivity index (χ3n) is 3.25. The molecule has 1 heterocycles. The van der Waals surface area contributed by atoms with Gasteiger partial charge in [0.25, 0.3) is 0 Å². The molecule has 0 saturated carbocycles. The van der Waals surface area contributed by atoms with Crippen molar-refractivity contribution in [1.29, 1.82) is 0 Å². The van der Waals surface area contributed by atoms with Gasteiger partial charge in [-0.05, 0) is 39.3 Å². The standard InChI is InChI=1S/C13H13F3N3OP.C4H11NO/c1-21(2,20)11-6-4-3-5-10(11)19-12-9(13(14,15)16)7-17-8-18-12;1-4(2,6)3-5/h3-8H,1-2H3,(H,17,18,19);6H,3,5H2,1-2H3. The lowest BCUT2D eigenvalue weighted by Crippen LogP contribution is -2.29. The van der Waals surface area contributed by atoms with Gasteiger partial charge in [0.15, 0.2) is 0 Å². The van der Waals surface area contributed by atoms with Gasteiger partial charge in [0.1, 0.15) is 24.9 Å². The van der Waals surface area contributed by atoms with Crippen molar-refractivity contribution in [3.05, 3.63) is 42.4 Å². The number of nitrogens with zero attached hydrogens (tertiary/aromatic N) is 2. The Bertz CT molecular complexity index is 801. The van der Waals surface area contributed by atoms with Gasteiger partial charge in [0.05, 0.1) is 11.3 Å². The van der Waals surface area contributed by atoms with Crippen molar-refractivity contribution >= 4 is 24.0 Å². The normalized spacial score (nSPS) is 12.2. The summed E-state index contributed by atoms with van der Waals surface area (Å²) in [5, 5.41) is 11.8. The molecule has 10 heteroatoms. The number of hydrogen-bond acceptors (Lipinski definition) is 6. The number of nitrogens with one attached hydrogen (secondary N) is 1. The molecule has 0 aliphatic rings. The van der Waals surface area contributed by atoms with Crippen molar-refractivity contribution in [2.45, 2.75) is 25.6 Å². The summed E-state index contributed by atoms with van der Waals surface area (Å²) in [5.41, 5.74) is 3.75. The van der Waals surface area contributed by atoms with Crippen LogP contribution in [0.4, 0.5) is 24.7 Å². The van der Waals surface area contributed by atoms with Gasteiger partial charge in [-0.1, -0.05) is 12.1 Å². The SMILES string of the molecule is CC(C)(O)CN.CP(C)(=O)c1ccccc1Nc1ncncc1C(F)(F)F. The van der Waals surface area contributed by atoms with Crippen LogP contribution in [0.25, 0.3) is 0 Å². The zero-order valence-electron chi connectivity index (χ0n) is 15.6. The van der Waals surface area contributed by atoms with E-state index in [1.54, 1.807) is 51.4 Å². The van der Waals surface area contributed by atoms with Crippen molar-refractivity contribution in [2.75, 3.05) is 25.2 Å². The number of aliphatic hydroxyl groups is 1. The van der Waals surface area contributed by atoms with Crippen LogP contribution in [0, 0.1) is 0 Å². The molecule has 0 aliphatic heterocycles. The van der Waals surface area contributed by atoms with E-state index in [4.69, 9.17) is 10.8 Å². The van der Waals surface area contributed by atoms with Gasteiger partial charge >= 0.3 is 6.18 Å². The number of alkyl halides is 3. The fourth-order valence-electron chi connectivity index (χ4n) is 1.81. The second-order valence-corrected chi connectivity index (χ2v) is 9.98. The number of nitrogens with two attached hydrogens (primary N) is 1. The van der Waals surface area contributed by atoms with Gasteiger partial charge in [0, 0.05) is 18.0 Å². The molecular weight excluding hydrogens is 380 g/mol. The summed E-state index contributed by atoms with van der Waals surface area (Å²) >= 11 is 0. The Hall–Kier alpha value is -1.96. The van der Waals surface area contributed by atoms with Crippen molar-refractivity contribution in [1.82, 2.24) is 9.97 Å². The number of hydrogen-bond donors (Lipinski definition) is 3. The highest BCUT2D eigenvalue weighted by Crippen LogP contribution is 2.39. The number of aromatic nitrogens is 2. The average Bonchev–Trinajstić information content (AvgIpc) is 2.54. The quantitative estimate of drug-likeness (QED) is 0.677. The Kier molecular flexibility index (Phi) is 7.54. The minimum atomic E-state index is -4.57. The molecule has 6 nitrogen and oxygen atoms in total. The summed E-state index contributed by atoms with van der Waals surface area (Å²) in [5.74, 6) is -0.363. The van der Waals surface area contributed by atoms with E-state index in [-0.39, 0.29) is 5.82 Å². The van der Waals surface area contributed by atoms with E-state index in [1.807, 2.05) is 0 Å². The van der Waals surface area contributed by atoms with E-state index in [1.165, 1.54) is 0 Å². The molecule has 1 aromatic carbocycles. The van der Waals surface area contributed by atoms with Crippen molar-refractivity contribution in [2.24, 2.45) is 5.73 Å². The van der Waals surface area contributed by atoms with Gasteiger partial charge in [0.2, 0.25) is 0 Å². The molecule has 2 rings (SSSR count). The van der Waals surface area contributed by atoms with E-state index < -0.39 is 24.5 Å². The molecule has 0 saturated heterocycles. The van der Waals surface area contributed by atoms with Crippen LogP contribution in [0.15, 0.2) is 36.8 Å². The molecule has 0 bridgehead atoms. The van der Waals surface area contributed by atoms with E-state index in [2.05, 4.69) is 15.3 Å². The zero-order valence-corrected chi connectivity index (χ0v) is 16.5. The Balaban J connectivity index is 0.000000527. The molecule has 0 amide bonds. The highest BCUT2D eigenvalue weighted by molar-refractivity contribution is 7.70. The predicted octanol–water partition coefficient (Wildman–Crippen LogP) is 3.20. The fraction of sp³-hybridized carbons (Fsp3) is 0.412. The van der Waals surface area contributed by atoms with Crippen LogP contribution < -0.4 is 16.4 Å². The van der Waals surface area contributed by atoms with Crippen molar-refractivity contribution < 1.29 is 22.8 Å². The average molecular weight is 404 g/mol. The zero-order chi connectivity index (χ0) is 20.9. The summed E-state index contributed by atoms with van der Waals surface area (Å²) in [6.07, 6.45) is -2.84. The molecule has 4 N–H and O–H groups in total. The molecule has 150 valence electrons. The highest BCUT2D eigenvalue weighted by Gasteiger charge is 2.35. The maximum Gasteiger partial charge on any atom is 0.421 e.